The second kappa shape index (κ2) is 14.6. The van der Waals surface area contributed by atoms with Crippen molar-refractivity contribution in [2.24, 2.45) is 0 Å². The first kappa shape index (κ1) is 40.9. The van der Waals surface area contributed by atoms with Gasteiger partial charge in [0.15, 0.2) is 0 Å². The molecule has 0 spiro atoms. The third-order valence-electron chi connectivity index (χ3n) is 15.6. The molecule has 0 aliphatic heterocycles. The summed E-state index contributed by atoms with van der Waals surface area (Å²) in [7, 11) is 0. The first-order valence-corrected chi connectivity index (χ1v) is 24.7. The van der Waals surface area contributed by atoms with Gasteiger partial charge in [-0.05, 0) is 190 Å². The van der Waals surface area contributed by atoms with Crippen LogP contribution in [0.5, 0.6) is 0 Å². The van der Waals surface area contributed by atoms with E-state index in [1.807, 2.05) is 0 Å². The van der Waals surface area contributed by atoms with Crippen LogP contribution in [-0.4, -0.2) is 9.13 Å². The fourth-order valence-corrected chi connectivity index (χ4v) is 11.4. The summed E-state index contributed by atoms with van der Waals surface area (Å²) in [6.07, 6.45) is 0. The summed E-state index contributed by atoms with van der Waals surface area (Å²) in [4.78, 5) is 0. The summed E-state index contributed by atoms with van der Waals surface area (Å²) in [5.41, 5.74) is 18.5. The van der Waals surface area contributed by atoms with Crippen LogP contribution in [0.2, 0.25) is 0 Å². The topological polar surface area (TPSA) is 36.1 Å². The van der Waals surface area contributed by atoms with Crippen molar-refractivity contribution in [3.8, 4) is 11.4 Å². The number of hydrogen-bond acceptors (Lipinski definition) is 2. The maximum absolute atomic E-state index is 6.94. The molecule has 4 aromatic heterocycles. The highest BCUT2D eigenvalue weighted by atomic mass is 16.3. The Morgan fingerprint density at radius 3 is 0.956 bits per heavy atom. The summed E-state index contributed by atoms with van der Waals surface area (Å²) in [5, 5.41) is 14.3. The number of nitrogens with zero attached hydrogens (tertiary/aromatic N) is 2. The van der Waals surface area contributed by atoms with Gasteiger partial charge >= 0.3 is 0 Å². The summed E-state index contributed by atoms with van der Waals surface area (Å²) in [6, 6.07) is 51.0. The van der Waals surface area contributed by atoms with Crippen molar-refractivity contribution in [3.63, 3.8) is 0 Å². The molecule has 0 fully saturated rings. The van der Waals surface area contributed by atoms with Crippen LogP contribution in [0.1, 0.15) is 112 Å². The summed E-state index contributed by atoms with van der Waals surface area (Å²) >= 11 is 0. The van der Waals surface area contributed by atoms with Crippen molar-refractivity contribution in [2.45, 2.75) is 92.9 Å². The first-order chi connectivity index (χ1) is 32.8. The fraction of sp³-hybridized carbons (Fsp3) is 0.219. The molecule has 0 aliphatic rings. The van der Waals surface area contributed by atoms with E-state index in [4.69, 9.17) is 8.83 Å². The zero-order valence-corrected chi connectivity index (χ0v) is 40.7. The van der Waals surface area contributed by atoms with Crippen LogP contribution >= 0.6 is 0 Å². The molecule has 0 amide bonds. The van der Waals surface area contributed by atoms with Crippen molar-refractivity contribution in [1.29, 1.82) is 0 Å². The van der Waals surface area contributed by atoms with Crippen LogP contribution in [-0.2, 0) is 0 Å². The minimum atomic E-state index is 0.453. The molecule has 0 N–H and O–H groups in total. The van der Waals surface area contributed by atoms with Gasteiger partial charge in [-0.1, -0.05) is 91.8 Å². The standard InChI is InChI=1S/C64H56N2O2/c1-33(2)39-13-19-55-49(25-39)50-26-40(34(3)4)14-20-56(50)65(55)47-17-11-43-29-53-59(31-45(43)23-47)67-63-37(9)38(10)64-62(61(53)63)54-30-44-12-18-48(24-46(44)32-60(54)68-64)66-57-21-15-41(35(5)6)27-51(57)52-28-42(36(7)8)16-22-58(52)66/h11-36H,1-10H3. The van der Waals surface area contributed by atoms with E-state index in [9.17, 15) is 0 Å². The number of fused-ring (bicyclic) bond motifs is 15. The molecule has 13 aromatic rings. The third kappa shape index (κ3) is 5.85. The Balaban J connectivity index is 0.977. The van der Waals surface area contributed by atoms with Gasteiger partial charge in [-0.15, -0.1) is 0 Å². The van der Waals surface area contributed by atoms with Crippen molar-refractivity contribution in [1.82, 2.24) is 9.13 Å². The number of hydrogen-bond donors (Lipinski definition) is 0. The monoisotopic (exact) mass is 884 g/mol. The number of furan rings is 2. The van der Waals surface area contributed by atoms with E-state index in [1.165, 1.54) is 76.6 Å². The van der Waals surface area contributed by atoms with Gasteiger partial charge < -0.3 is 18.0 Å². The maximum Gasteiger partial charge on any atom is 0.139 e. The molecule has 4 heteroatoms. The van der Waals surface area contributed by atoms with Gasteiger partial charge in [-0.2, -0.15) is 0 Å². The average Bonchev–Trinajstić information content (AvgIpc) is 4.08. The van der Waals surface area contributed by atoms with Crippen molar-refractivity contribution >= 4 is 109 Å². The summed E-state index contributed by atoms with van der Waals surface area (Å²) in [6.45, 7) is 22.6. The van der Waals surface area contributed by atoms with Crippen LogP contribution in [0.4, 0.5) is 0 Å². The molecule has 9 aromatic carbocycles. The molecule has 0 saturated carbocycles. The minimum Gasteiger partial charge on any atom is -0.456 e. The molecule has 0 bridgehead atoms. The molecular formula is C64H56N2O2. The second-order valence-electron chi connectivity index (χ2n) is 21.0. The number of rotatable bonds is 6. The second-order valence-corrected chi connectivity index (χ2v) is 21.0. The predicted octanol–water partition coefficient (Wildman–Crippen LogP) is 19.1. The fourth-order valence-electron chi connectivity index (χ4n) is 11.4. The highest BCUT2D eigenvalue weighted by Crippen LogP contribution is 2.46. The van der Waals surface area contributed by atoms with E-state index < -0.39 is 0 Å². The van der Waals surface area contributed by atoms with E-state index in [0.29, 0.717) is 23.7 Å². The highest BCUT2D eigenvalue weighted by molar-refractivity contribution is 6.29. The lowest BCUT2D eigenvalue weighted by Gasteiger charge is -2.11. The van der Waals surface area contributed by atoms with Gasteiger partial charge in [0.05, 0.1) is 22.1 Å². The van der Waals surface area contributed by atoms with Crippen molar-refractivity contribution < 1.29 is 8.83 Å². The molecule has 0 saturated heterocycles. The highest BCUT2D eigenvalue weighted by Gasteiger charge is 2.24. The normalized spacial score (nSPS) is 12.8. The molecule has 0 radical (unpaired) electrons. The quantitative estimate of drug-likeness (QED) is 0.167. The van der Waals surface area contributed by atoms with Gasteiger partial charge in [-0.25, -0.2) is 0 Å². The van der Waals surface area contributed by atoms with Crippen LogP contribution in [0.25, 0.3) is 120 Å². The summed E-state index contributed by atoms with van der Waals surface area (Å²) in [5.74, 6) is 1.81. The van der Waals surface area contributed by atoms with Crippen LogP contribution in [0.15, 0.2) is 142 Å². The predicted molar refractivity (Wildman–Crippen MR) is 291 cm³/mol. The lowest BCUT2D eigenvalue weighted by Crippen LogP contribution is -1.95. The summed E-state index contributed by atoms with van der Waals surface area (Å²) < 4.78 is 18.8. The number of benzene rings is 9. The molecule has 13 rings (SSSR count). The molecule has 4 heterocycles. The van der Waals surface area contributed by atoms with Crippen molar-refractivity contribution in [2.75, 3.05) is 0 Å². The molecular weight excluding hydrogens is 829 g/mol. The zero-order chi connectivity index (χ0) is 46.6. The molecule has 0 atom stereocenters. The van der Waals surface area contributed by atoms with Crippen LogP contribution < -0.4 is 0 Å². The van der Waals surface area contributed by atoms with E-state index in [1.54, 1.807) is 0 Å². The molecule has 334 valence electrons. The van der Waals surface area contributed by atoms with Gasteiger partial charge in [0.2, 0.25) is 0 Å². The van der Waals surface area contributed by atoms with E-state index in [-0.39, 0.29) is 0 Å². The number of aromatic nitrogens is 2. The molecule has 4 nitrogen and oxygen atoms in total. The minimum absolute atomic E-state index is 0.453. The Kier molecular flexibility index (Phi) is 8.79. The molecule has 0 aliphatic carbocycles. The van der Waals surface area contributed by atoms with Crippen molar-refractivity contribution in [3.05, 3.63) is 167 Å². The largest absolute Gasteiger partial charge is 0.456 e. The first-order valence-electron chi connectivity index (χ1n) is 24.7. The Morgan fingerprint density at radius 2 is 0.647 bits per heavy atom. The van der Waals surface area contributed by atoms with Gasteiger partial charge in [-0.3, -0.25) is 0 Å². The Hall–Kier alpha value is -7.30. The lowest BCUT2D eigenvalue weighted by atomic mass is 9.97. The zero-order valence-electron chi connectivity index (χ0n) is 40.7. The van der Waals surface area contributed by atoms with Gasteiger partial charge in [0, 0.05) is 54.5 Å². The van der Waals surface area contributed by atoms with Crippen LogP contribution in [0.3, 0.4) is 0 Å². The van der Waals surface area contributed by atoms with E-state index >= 15 is 0 Å². The average molecular weight is 885 g/mol. The molecule has 0 unspecified atom stereocenters. The third-order valence-corrected chi connectivity index (χ3v) is 15.6. The lowest BCUT2D eigenvalue weighted by molar-refractivity contribution is 0.657. The maximum atomic E-state index is 6.94. The Bertz CT molecular complexity index is 3880. The van der Waals surface area contributed by atoms with Gasteiger partial charge in [0.25, 0.3) is 0 Å². The molecule has 68 heavy (non-hydrogen) atoms. The Morgan fingerprint density at radius 1 is 0.324 bits per heavy atom. The van der Waals surface area contributed by atoms with Crippen LogP contribution in [0, 0.1) is 13.8 Å². The van der Waals surface area contributed by atoms with E-state index in [0.717, 1.165) is 77.2 Å². The number of aryl methyl sites for hydroxylation is 2. The smallest absolute Gasteiger partial charge is 0.139 e. The Labute approximate surface area is 396 Å². The van der Waals surface area contributed by atoms with E-state index in [2.05, 4.69) is 212 Å². The SMILES string of the molecule is Cc1c(C)c2oc3cc4cc(-n5c6ccc(C(C)C)cc6c6cc(C(C)C)ccc65)ccc4cc3c2c2c1oc1cc3cc(-n4c5ccc(C(C)C)cc5c5cc(C(C)C)ccc54)ccc3cc12. The van der Waals surface area contributed by atoms with Gasteiger partial charge in [0.1, 0.15) is 22.3 Å².